The Balaban J connectivity index is 1.21. The van der Waals surface area contributed by atoms with Gasteiger partial charge in [-0.25, -0.2) is 4.79 Å². The van der Waals surface area contributed by atoms with Crippen LogP contribution in [0.5, 0.6) is 0 Å². The predicted octanol–water partition coefficient (Wildman–Crippen LogP) is 3.55. The monoisotopic (exact) mass is 480 g/mol. The van der Waals surface area contributed by atoms with Gasteiger partial charge in [0.25, 0.3) is 0 Å². The van der Waals surface area contributed by atoms with Gasteiger partial charge in [0.2, 0.25) is 5.91 Å². The van der Waals surface area contributed by atoms with Crippen LogP contribution in [0.25, 0.3) is 11.1 Å². The summed E-state index contributed by atoms with van der Waals surface area (Å²) in [6.45, 7) is 4.74. The summed E-state index contributed by atoms with van der Waals surface area (Å²) in [6.07, 6.45) is -0.213. The van der Waals surface area contributed by atoms with E-state index in [2.05, 4.69) is 34.9 Å². The SMILES string of the molecule is CC(C)(CNC(=O)OCC1c2ccccc2-c2ccccc21)CC(=O)NC[C@@H]1C[C@H](C(=O)O)CO1. The van der Waals surface area contributed by atoms with E-state index in [0.717, 1.165) is 11.1 Å². The molecule has 2 aromatic carbocycles. The summed E-state index contributed by atoms with van der Waals surface area (Å²) >= 11 is 0. The Kier molecular flexibility index (Phi) is 7.40. The molecular weight excluding hydrogens is 448 g/mol. The second-order valence-corrected chi connectivity index (χ2v) is 10.1. The number of rotatable bonds is 9. The molecule has 3 N–H and O–H groups in total. The molecule has 0 aromatic heterocycles. The standard InChI is InChI=1S/C27H32N2O6/c1-27(2,12-24(30)28-13-18-11-17(14-34-18)25(31)32)16-29-26(33)35-15-23-21-9-5-3-7-19(21)20-8-4-6-10-22(20)23/h3-10,17-18,23H,11-16H2,1-2H3,(H,28,30)(H,29,33)(H,31,32)/t17-,18-/m0/s1. The number of alkyl carbamates (subject to hydrolysis) is 1. The lowest BCUT2D eigenvalue weighted by Crippen LogP contribution is -2.40. The number of fused-ring (bicyclic) bond motifs is 3. The van der Waals surface area contributed by atoms with Gasteiger partial charge in [-0.3, -0.25) is 9.59 Å². The van der Waals surface area contributed by atoms with Crippen molar-refractivity contribution in [3.63, 3.8) is 0 Å². The molecule has 1 saturated heterocycles. The Morgan fingerprint density at radius 2 is 1.66 bits per heavy atom. The third kappa shape index (κ3) is 6.00. The van der Waals surface area contributed by atoms with E-state index >= 15 is 0 Å². The highest BCUT2D eigenvalue weighted by molar-refractivity contribution is 5.79. The molecule has 2 atom stereocenters. The fourth-order valence-corrected chi connectivity index (χ4v) is 4.77. The molecule has 186 valence electrons. The Morgan fingerprint density at radius 3 is 2.26 bits per heavy atom. The molecule has 1 aliphatic heterocycles. The van der Waals surface area contributed by atoms with Gasteiger partial charge in [0.05, 0.1) is 18.6 Å². The zero-order valence-electron chi connectivity index (χ0n) is 20.1. The number of benzene rings is 2. The molecule has 0 unspecified atom stereocenters. The molecule has 2 aromatic rings. The molecule has 35 heavy (non-hydrogen) atoms. The van der Waals surface area contributed by atoms with Crippen LogP contribution >= 0.6 is 0 Å². The topological polar surface area (TPSA) is 114 Å². The van der Waals surface area contributed by atoms with Gasteiger partial charge in [0.1, 0.15) is 6.61 Å². The lowest BCUT2D eigenvalue weighted by atomic mass is 9.89. The largest absolute Gasteiger partial charge is 0.481 e. The van der Waals surface area contributed by atoms with E-state index in [4.69, 9.17) is 14.6 Å². The minimum Gasteiger partial charge on any atom is -0.481 e. The van der Waals surface area contributed by atoms with Gasteiger partial charge in [-0.1, -0.05) is 62.4 Å². The van der Waals surface area contributed by atoms with Gasteiger partial charge in [-0.05, 0) is 34.1 Å². The highest BCUT2D eigenvalue weighted by atomic mass is 16.5. The molecule has 1 fully saturated rings. The van der Waals surface area contributed by atoms with E-state index in [1.54, 1.807) is 0 Å². The number of carboxylic acid groups (broad SMARTS) is 1. The van der Waals surface area contributed by atoms with Crippen LogP contribution in [0.2, 0.25) is 0 Å². The van der Waals surface area contributed by atoms with Crippen molar-refractivity contribution in [3.8, 4) is 11.1 Å². The number of carbonyl (C=O) groups excluding carboxylic acids is 2. The van der Waals surface area contributed by atoms with E-state index in [9.17, 15) is 14.4 Å². The normalized spacial score (nSPS) is 19.0. The molecular formula is C27H32N2O6. The maximum absolute atomic E-state index is 12.4. The van der Waals surface area contributed by atoms with Crippen molar-refractivity contribution < 1.29 is 29.0 Å². The van der Waals surface area contributed by atoms with Gasteiger partial charge < -0.3 is 25.2 Å². The Morgan fingerprint density at radius 1 is 1.03 bits per heavy atom. The zero-order chi connectivity index (χ0) is 25.0. The van der Waals surface area contributed by atoms with Crippen LogP contribution in [-0.2, 0) is 19.1 Å². The summed E-state index contributed by atoms with van der Waals surface area (Å²) in [7, 11) is 0. The van der Waals surface area contributed by atoms with E-state index < -0.39 is 23.4 Å². The van der Waals surface area contributed by atoms with Crippen LogP contribution in [0.3, 0.4) is 0 Å². The summed E-state index contributed by atoms with van der Waals surface area (Å²) in [5.74, 6) is -1.58. The molecule has 8 heteroatoms. The third-order valence-electron chi connectivity index (χ3n) is 6.65. The second-order valence-electron chi connectivity index (χ2n) is 10.1. The summed E-state index contributed by atoms with van der Waals surface area (Å²) in [4.78, 5) is 35.8. The average Bonchev–Trinajstić information content (AvgIpc) is 3.43. The highest BCUT2D eigenvalue weighted by Gasteiger charge is 2.32. The zero-order valence-corrected chi connectivity index (χ0v) is 20.1. The van der Waals surface area contributed by atoms with E-state index in [1.165, 1.54) is 11.1 Å². The van der Waals surface area contributed by atoms with E-state index in [0.29, 0.717) is 6.42 Å². The van der Waals surface area contributed by atoms with Gasteiger partial charge in [0, 0.05) is 25.4 Å². The van der Waals surface area contributed by atoms with Crippen LogP contribution in [0, 0.1) is 11.3 Å². The number of ether oxygens (including phenoxy) is 2. The van der Waals surface area contributed by atoms with Crippen molar-refractivity contribution in [1.82, 2.24) is 10.6 Å². The second kappa shape index (κ2) is 10.5. The van der Waals surface area contributed by atoms with Crippen molar-refractivity contribution in [2.45, 2.75) is 38.7 Å². The smallest absolute Gasteiger partial charge is 0.407 e. The van der Waals surface area contributed by atoms with Gasteiger partial charge in [-0.15, -0.1) is 0 Å². The quantitative estimate of drug-likeness (QED) is 0.506. The molecule has 1 aliphatic carbocycles. The maximum atomic E-state index is 12.4. The number of amides is 2. The molecule has 8 nitrogen and oxygen atoms in total. The lowest BCUT2D eigenvalue weighted by Gasteiger charge is -2.25. The van der Waals surface area contributed by atoms with Crippen LogP contribution in [0.15, 0.2) is 48.5 Å². The van der Waals surface area contributed by atoms with Crippen molar-refractivity contribution in [1.29, 1.82) is 0 Å². The molecule has 0 bridgehead atoms. The number of nitrogens with one attached hydrogen (secondary N) is 2. The van der Waals surface area contributed by atoms with Gasteiger partial charge >= 0.3 is 12.1 Å². The molecule has 2 aliphatic rings. The minimum atomic E-state index is -0.876. The van der Waals surface area contributed by atoms with Crippen molar-refractivity contribution in [2.75, 3.05) is 26.3 Å². The summed E-state index contributed by atoms with van der Waals surface area (Å²) < 4.78 is 11.0. The Bertz CT molecular complexity index is 1050. The molecule has 1 heterocycles. The Labute approximate surface area is 205 Å². The minimum absolute atomic E-state index is 0.00883. The summed E-state index contributed by atoms with van der Waals surface area (Å²) in [6, 6.07) is 16.3. The van der Waals surface area contributed by atoms with Crippen LogP contribution in [0.1, 0.15) is 43.7 Å². The van der Waals surface area contributed by atoms with Crippen molar-refractivity contribution in [2.24, 2.45) is 11.3 Å². The maximum Gasteiger partial charge on any atom is 0.407 e. The highest BCUT2D eigenvalue weighted by Crippen LogP contribution is 2.44. The van der Waals surface area contributed by atoms with E-state index in [-0.39, 0.29) is 50.7 Å². The lowest BCUT2D eigenvalue weighted by molar-refractivity contribution is -0.141. The Hall–Kier alpha value is -3.39. The third-order valence-corrected chi connectivity index (χ3v) is 6.65. The van der Waals surface area contributed by atoms with Gasteiger partial charge in [0.15, 0.2) is 0 Å². The molecule has 4 rings (SSSR count). The molecule has 2 amide bonds. The molecule has 0 radical (unpaired) electrons. The molecule has 0 saturated carbocycles. The first-order valence-electron chi connectivity index (χ1n) is 11.9. The first-order valence-corrected chi connectivity index (χ1v) is 11.9. The predicted molar refractivity (Wildman–Crippen MR) is 130 cm³/mol. The summed E-state index contributed by atoms with van der Waals surface area (Å²) in [5.41, 5.74) is 4.16. The number of aliphatic carboxylic acids is 1. The first-order chi connectivity index (χ1) is 16.7. The van der Waals surface area contributed by atoms with Crippen LogP contribution in [0.4, 0.5) is 4.79 Å². The number of hydrogen-bond acceptors (Lipinski definition) is 5. The van der Waals surface area contributed by atoms with Crippen molar-refractivity contribution in [3.05, 3.63) is 59.7 Å². The molecule has 0 spiro atoms. The van der Waals surface area contributed by atoms with E-state index in [1.807, 2.05) is 38.1 Å². The number of hydrogen-bond donors (Lipinski definition) is 3. The van der Waals surface area contributed by atoms with Crippen LogP contribution in [-0.4, -0.2) is 55.5 Å². The van der Waals surface area contributed by atoms with Crippen molar-refractivity contribution >= 4 is 18.0 Å². The van der Waals surface area contributed by atoms with Gasteiger partial charge in [-0.2, -0.15) is 0 Å². The number of carboxylic acids is 1. The summed E-state index contributed by atoms with van der Waals surface area (Å²) in [5, 5.41) is 14.6. The van der Waals surface area contributed by atoms with Crippen LogP contribution < -0.4 is 10.6 Å². The fourth-order valence-electron chi connectivity index (χ4n) is 4.77. The fraction of sp³-hybridized carbons (Fsp3) is 0.444. The average molecular weight is 481 g/mol. The first kappa shape index (κ1) is 24.7. The number of carbonyl (C=O) groups is 3.